The van der Waals surface area contributed by atoms with Crippen molar-refractivity contribution in [3.8, 4) is 17.6 Å². The second kappa shape index (κ2) is 10.5. The van der Waals surface area contributed by atoms with Crippen molar-refractivity contribution in [2.45, 2.75) is 6.54 Å². The zero-order valence-electron chi connectivity index (χ0n) is 15.2. The number of amides is 1. The maximum atomic E-state index is 12.3. The normalized spacial score (nSPS) is 10.7. The lowest BCUT2D eigenvalue weighted by molar-refractivity contribution is -0.117. The number of halogens is 2. The van der Waals surface area contributed by atoms with Gasteiger partial charge in [-0.05, 0) is 57.4 Å². The van der Waals surface area contributed by atoms with E-state index in [1.165, 1.54) is 6.08 Å². The van der Waals surface area contributed by atoms with E-state index in [9.17, 15) is 10.1 Å². The third-order valence-corrected chi connectivity index (χ3v) is 4.52. The molecule has 0 spiro atoms. The molecule has 2 aromatic rings. The van der Waals surface area contributed by atoms with Crippen LogP contribution in [0.2, 0.25) is 5.02 Å². The fourth-order valence-corrected chi connectivity index (χ4v) is 3.27. The van der Waals surface area contributed by atoms with Crippen LogP contribution in [0, 0.1) is 11.3 Å². The number of benzene rings is 2. The number of rotatable bonds is 8. The molecule has 0 aliphatic rings. The first-order valence-corrected chi connectivity index (χ1v) is 9.41. The number of hydrogen-bond donors (Lipinski definition) is 1. The van der Waals surface area contributed by atoms with Gasteiger partial charge >= 0.3 is 0 Å². The summed E-state index contributed by atoms with van der Waals surface area (Å²) >= 11 is 9.61. The van der Waals surface area contributed by atoms with Crippen LogP contribution in [0.25, 0.3) is 6.08 Å². The second-order valence-corrected chi connectivity index (χ2v) is 6.88. The van der Waals surface area contributed by atoms with Crippen LogP contribution in [0.1, 0.15) is 11.1 Å². The van der Waals surface area contributed by atoms with Crippen LogP contribution in [0.15, 0.2) is 59.1 Å². The number of nitrogens with one attached hydrogen (secondary N) is 1. The largest absolute Gasteiger partial charge is 0.497 e. The van der Waals surface area contributed by atoms with E-state index in [1.54, 1.807) is 37.5 Å². The number of carbonyl (C=O) groups is 1. The summed E-state index contributed by atoms with van der Waals surface area (Å²) in [6.07, 6.45) is 3.08. The molecule has 1 amide bonds. The Labute approximate surface area is 177 Å². The predicted octanol–water partition coefficient (Wildman–Crippen LogP) is 4.90. The van der Waals surface area contributed by atoms with Crippen LogP contribution < -0.4 is 14.8 Å². The third kappa shape index (κ3) is 5.88. The van der Waals surface area contributed by atoms with Gasteiger partial charge in [-0.1, -0.05) is 36.4 Å². The number of carbonyl (C=O) groups excluding carboxylic acids is 1. The Bertz CT molecular complexity index is 911. The van der Waals surface area contributed by atoms with Crippen molar-refractivity contribution in [1.29, 1.82) is 5.26 Å². The van der Waals surface area contributed by atoms with E-state index < -0.39 is 5.91 Å². The summed E-state index contributed by atoms with van der Waals surface area (Å²) in [5.74, 6) is 0.731. The average molecular weight is 462 g/mol. The van der Waals surface area contributed by atoms with E-state index in [1.807, 2.05) is 18.2 Å². The summed E-state index contributed by atoms with van der Waals surface area (Å²) in [4.78, 5) is 12.3. The Morgan fingerprint density at radius 1 is 1.36 bits per heavy atom. The molecule has 5 nitrogen and oxygen atoms in total. The molecule has 0 unspecified atom stereocenters. The Balaban J connectivity index is 2.12. The zero-order valence-corrected chi connectivity index (χ0v) is 17.5. The van der Waals surface area contributed by atoms with Gasteiger partial charge in [0.1, 0.15) is 24.0 Å². The van der Waals surface area contributed by atoms with Crippen molar-refractivity contribution in [2.24, 2.45) is 0 Å². The van der Waals surface area contributed by atoms with Crippen molar-refractivity contribution in [3.05, 3.63) is 75.2 Å². The molecule has 0 radical (unpaired) electrons. The Morgan fingerprint density at radius 2 is 2.07 bits per heavy atom. The van der Waals surface area contributed by atoms with Crippen molar-refractivity contribution in [3.63, 3.8) is 0 Å². The van der Waals surface area contributed by atoms with E-state index >= 15 is 0 Å². The minimum Gasteiger partial charge on any atom is -0.497 e. The number of nitrogens with zero attached hydrogens (tertiary/aromatic N) is 1. The van der Waals surface area contributed by atoms with E-state index in [2.05, 4.69) is 27.8 Å². The molecule has 0 aliphatic carbocycles. The summed E-state index contributed by atoms with van der Waals surface area (Å²) in [6.45, 7) is 4.19. The van der Waals surface area contributed by atoms with E-state index in [0.717, 1.165) is 11.3 Å². The van der Waals surface area contributed by atoms with Crippen LogP contribution >= 0.6 is 27.5 Å². The highest BCUT2D eigenvalue weighted by atomic mass is 79.9. The minimum absolute atomic E-state index is 0.0313. The average Bonchev–Trinajstić information content (AvgIpc) is 2.70. The highest BCUT2D eigenvalue weighted by molar-refractivity contribution is 9.10. The molecule has 2 rings (SSSR count). The molecule has 2 aromatic carbocycles. The van der Waals surface area contributed by atoms with Crippen molar-refractivity contribution in [1.82, 2.24) is 5.32 Å². The topological polar surface area (TPSA) is 71.3 Å². The van der Waals surface area contributed by atoms with Crippen LogP contribution in [0.3, 0.4) is 0 Å². The molecule has 0 saturated heterocycles. The Kier molecular flexibility index (Phi) is 8.12. The summed E-state index contributed by atoms with van der Waals surface area (Å²) in [5, 5.41) is 12.4. The molecule has 28 heavy (non-hydrogen) atoms. The van der Waals surface area contributed by atoms with Crippen molar-refractivity contribution in [2.75, 3.05) is 13.7 Å². The lowest BCUT2D eigenvalue weighted by Crippen LogP contribution is -2.23. The molecular formula is C21H18BrClN2O3. The first-order valence-electron chi connectivity index (χ1n) is 8.24. The van der Waals surface area contributed by atoms with Gasteiger partial charge < -0.3 is 14.8 Å². The number of nitriles is 1. The summed E-state index contributed by atoms with van der Waals surface area (Å²) < 4.78 is 11.2. The molecule has 0 heterocycles. The zero-order chi connectivity index (χ0) is 20.5. The second-order valence-electron chi connectivity index (χ2n) is 5.61. The minimum atomic E-state index is -0.474. The van der Waals surface area contributed by atoms with Gasteiger partial charge in [-0.2, -0.15) is 5.26 Å². The first-order chi connectivity index (χ1) is 13.5. The van der Waals surface area contributed by atoms with Gasteiger partial charge in [0.25, 0.3) is 5.91 Å². The molecule has 7 heteroatoms. The molecular weight excluding hydrogens is 444 g/mol. The standard InChI is InChI=1S/C21H18BrClN2O3/c1-3-8-28-20-18(22)10-15(11-19(20)23)9-16(12-24)21(26)25-13-14-4-6-17(27-2)7-5-14/h3-7,9-11H,1,8,13H2,2H3,(H,25,26)/b16-9-. The van der Waals surface area contributed by atoms with Crippen LogP contribution in [0.4, 0.5) is 0 Å². The highest BCUT2D eigenvalue weighted by Crippen LogP contribution is 2.35. The molecule has 0 aromatic heterocycles. The number of hydrogen-bond acceptors (Lipinski definition) is 4. The predicted molar refractivity (Wildman–Crippen MR) is 113 cm³/mol. The summed E-state index contributed by atoms with van der Waals surface area (Å²) in [6, 6.07) is 12.6. The number of ether oxygens (including phenoxy) is 2. The van der Waals surface area contributed by atoms with E-state index in [0.29, 0.717) is 34.0 Å². The van der Waals surface area contributed by atoms with Crippen LogP contribution in [-0.4, -0.2) is 19.6 Å². The fourth-order valence-electron chi connectivity index (χ4n) is 2.28. The van der Waals surface area contributed by atoms with Crippen LogP contribution in [-0.2, 0) is 11.3 Å². The third-order valence-electron chi connectivity index (χ3n) is 3.65. The number of methoxy groups -OCH3 is 1. The van der Waals surface area contributed by atoms with Gasteiger partial charge in [-0.15, -0.1) is 0 Å². The molecule has 1 N–H and O–H groups in total. The SMILES string of the molecule is C=CCOc1c(Cl)cc(/C=C(/C#N)C(=O)NCc2ccc(OC)cc2)cc1Br. The highest BCUT2D eigenvalue weighted by Gasteiger charge is 2.12. The van der Waals surface area contributed by atoms with Gasteiger partial charge in [0, 0.05) is 6.54 Å². The maximum absolute atomic E-state index is 12.3. The maximum Gasteiger partial charge on any atom is 0.262 e. The van der Waals surface area contributed by atoms with E-state index in [-0.39, 0.29) is 5.57 Å². The Hall–Kier alpha value is -2.75. The van der Waals surface area contributed by atoms with Gasteiger partial charge in [0.15, 0.2) is 5.75 Å². The quantitative estimate of drug-likeness (QED) is 0.345. The van der Waals surface area contributed by atoms with Gasteiger partial charge in [-0.25, -0.2) is 0 Å². The lowest BCUT2D eigenvalue weighted by atomic mass is 10.1. The molecule has 144 valence electrons. The molecule has 0 atom stereocenters. The molecule has 0 aliphatic heterocycles. The lowest BCUT2D eigenvalue weighted by Gasteiger charge is -2.10. The van der Waals surface area contributed by atoms with Crippen LogP contribution in [0.5, 0.6) is 11.5 Å². The summed E-state index contributed by atoms with van der Waals surface area (Å²) in [7, 11) is 1.59. The van der Waals surface area contributed by atoms with Crippen molar-refractivity contribution < 1.29 is 14.3 Å². The van der Waals surface area contributed by atoms with Gasteiger partial charge in [-0.3, -0.25) is 4.79 Å². The molecule has 0 saturated carbocycles. The van der Waals surface area contributed by atoms with Gasteiger partial charge in [0.2, 0.25) is 0 Å². The first kappa shape index (κ1) is 21.5. The van der Waals surface area contributed by atoms with Crippen molar-refractivity contribution >= 4 is 39.5 Å². The van der Waals surface area contributed by atoms with E-state index in [4.69, 9.17) is 21.1 Å². The fraction of sp³-hybridized carbons (Fsp3) is 0.143. The smallest absolute Gasteiger partial charge is 0.262 e. The Morgan fingerprint density at radius 3 is 2.64 bits per heavy atom. The van der Waals surface area contributed by atoms with Gasteiger partial charge in [0.05, 0.1) is 16.6 Å². The monoisotopic (exact) mass is 460 g/mol. The molecule has 0 fully saturated rings. The summed E-state index contributed by atoms with van der Waals surface area (Å²) in [5.41, 5.74) is 1.45. The molecule has 0 bridgehead atoms.